The van der Waals surface area contributed by atoms with Gasteiger partial charge < -0.3 is 11.1 Å². The largest absolute Gasteiger partial charge is 0.368 e. The van der Waals surface area contributed by atoms with E-state index in [2.05, 4.69) is 20.5 Å². The molecule has 18 heavy (non-hydrogen) atoms. The summed E-state index contributed by atoms with van der Waals surface area (Å²) in [4.78, 5) is 4.10. The van der Waals surface area contributed by atoms with Crippen LogP contribution in [0.25, 0.3) is 11.3 Å². The van der Waals surface area contributed by atoms with Crippen LogP contribution in [0, 0.1) is 0 Å². The molecule has 1 aromatic heterocycles. The molecule has 94 valence electrons. The zero-order valence-corrected chi connectivity index (χ0v) is 11.1. The minimum Gasteiger partial charge on any atom is -0.368 e. The molecule has 0 bridgehead atoms. The highest BCUT2D eigenvalue weighted by Gasteiger charge is 2.14. The van der Waals surface area contributed by atoms with E-state index in [-0.39, 0.29) is 5.95 Å². The van der Waals surface area contributed by atoms with Gasteiger partial charge in [0, 0.05) is 12.1 Å². The number of nitrogen functional groups attached to an aromatic ring is 1. The first-order valence-electron chi connectivity index (χ1n) is 5.32. The third-order valence-electron chi connectivity index (χ3n) is 2.25. The first-order chi connectivity index (χ1) is 8.63. The van der Waals surface area contributed by atoms with E-state index < -0.39 is 0 Å². The van der Waals surface area contributed by atoms with E-state index in [1.54, 1.807) is 18.2 Å². The molecule has 3 N–H and O–H groups in total. The summed E-state index contributed by atoms with van der Waals surface area (Å²) in [5.41, 5.74) is 6.71. The highest BCUT2D eigenvalue weighted by atomic mass is 35.5. The van der Waals surface area contributed by atoms with Gasteiger partial charge in [-0.1, -0.05) is 35.3 Å². The molecule has 0 unspecified atom stereocenters. The van der Waals surface area contributed by atoms with Gasteiger partial charge in [-0.15, -0.1) is 10.2 Å². The second-order valence-corrected chi connectivity index (χ2v) is 4.28. The van der Waals surface area contributed by atoms with Gasteiger partial charge in [-0.25, -0.2) is 0 Å². The topological polar surface area (TPSA) is 76.7 Å². The van der Waals surface area contributed by atoms with Crippen LogP contribution in [0.4, 0.5) is 11.8 Å². The molecule has 2 aromatic rings. The fourth-order valence-corrected chi connectivity index (χ4v) is 1.89. The smallest absolute Gasteiger partial charge is 0.242 e. The van der Waals surface area contributed by atoms with Gasteiger partial charge in [-0.3, -0.25) is 0 Å². The van der Waals surface area contributed by atoms with Crippen molar-refractivity contribution in [2.75, 3.05) is 17.6 Å². The zero-order chi connectivity index (χ0) is 13.1. The standard InChI is InChI=1S/C11H11Cl2N5/c1-2-15-10-9(17-18-11(14)16-10)6-4-3-5-7(12)8(6)13/h3-5H,2H2,1H3,(H3,14,15,16,18). The van der Waals surface area contributed by atoms with E-state index in [0.29, 0.717) is 33.7 Å². The Morgan fingerprint density at radius 3 is 2.78 bits per heavy atom. The molecule has 0 saturated carbocycles. The van der Waals surface area contributed by atoms with E-state index in [1.165, 1.54) is 0 Å². The summed E-state index contributed by atoms with van der Waals surface area (Å²) in [5.74, 6) is 0.641. The minimum absolute atomic E-state index is 0.104. The Morgan fingerprint density at radius 1 is 1.28 bits per heavy atom. The lowest BCUT2D eigenvalue weighted by Gasteiger charge is -2.10. The Morgan fingerprint density at radius 2 is 2.06 bits per heavy atom. The summed E-state index contributed by atoms with van der Waals surface area (Å²) in [6.07, 6.45) is 0. The maximum Gasteiger partial charge on any atom is 0.242 e. The van der Waals surface area contributed by atoms with Gasteiger partial charge in [0.15, 0.2) is 5.82 Å². The number of nitrogens with one attached hydrogen (secondary N) is 1. The van der Waals surface area contributed by atoms with E-state index >= 15 is 0 Å². The van der Waals surface area contributed by atoms with Crippen molar-refractivity contribution in [1.82, 2.24) is 15.2 Å². The predicted molar refractivity (Wildman–Crippen MR) is 73.9 cm³/mol. The van der Waals surface area contributed by atoms with Gasteiger partial charge in [0.1, 0.15) is 5.69 Å². The molecule has 2 rings (SSSR count). The second-order valence-electron chi connectivity index (χ2n) is 3.50. The van der Waals surface area contributed by atoms with Crippen LogP contribution in [-0.2, 0) is 0 Å². The van der Waals surface area contributed by atoms with Gasteiger partial charge in [-0.05, 0) is 13.0 Å². The molecule has 7 heteroatoms. The van der Waals surface area contributed by atoms with Crippen LogP contribution < -0.4 is 11.1 Å². The van der Waals surface area contributed by atoms with Crippen molar-refractivity contribution in [3.05, 3.63) is 28.2 Å². The van der Waals surface area contributed by atoms with Crippen LogP contribution >= 0.6 is 23.2 Å². The van der Waals surface area contributed by atoms with Crippen molar-refractivity contribution in [1.29, 1.82) is 0 Å². The molecule has 0 fully saturated rings. The van der Waals surface area contributed by atoms with Crippen LogP contribution in [-0.4, -0.2) is 21.7 Å². The molecular formula is C11H11Cl2N5. The number of hydrogen-bond donors (Lipinski definition) is 2. The van der Waals surface area contributed by atoms with Crippen molar-refractivity contribution in [3.8, 4) is 11.3 Å². The average molecular weight is 284 g/mol. The summed E-state index contributed by atoms with van der Waals surface area (Å²) in [7, 11) is 0. The summed E-state index contributed by atoms with van der Waals surface area (Å²) in [5, 5.41) is 11.7. The fraction of sp³-hybridized carbons (Fsp3) is 0.182. The van der Waals surface area contributed by atoms with E-state index in [0.717, 1.165) is 0 Å². The molecule has 0 atom stereocenters. The van der Waals surface area contributed by atoms with Crippen molar-refractivity contribution >= 4 is 35.0 Å². The molecule has 1 heterocycles. The van der Waals surface area contributed by atoms with E-state index in [9.17, 15) is 0 Å². The maximum atomic E-state index is 6.15. The number of rotatable bonds is 3. The summed E-state index contributed by atoms with van der Waals surface area (Å²) in [6.45, 7) is 2.63. The van der Waals surface area contributed by atoms with Gasteiger partial charge in [0.2, 0.25) is 5.95 Å². The zero-order valence-electron chi connectivity index (χ0n) is 9.61. The number of halogens is 2. The third-order valence-corrected chi connectivity index (χ3v) is 3.07. The van der Waals surface area contributed by atoms with Crippen LogP contribution in [0.5, 0.6) is 0 Å². The normalized spacial score (nSPS) is 10.4. The third kappa shape index (κ3) is 2.47. The quantitative estimate of drug-likeness (QED) is 0.906. The second kappa shape index (κ2) is 5.37. The average Bonchev–Trinajstić information content (AvgIpc) is 2.34. The fourth-order valence-electron chi connectivity index (χ4n) is 1.50. The summed E-state index contributed by atoms with van der Waals surface area (Å²) in [6, 6.07) is 5.30. The summed E-state index contributed by atoms with van der Waals surface area (Å²) >= 11 is 12.1. The minimum atomic E-state index is 0.104. The number of hydrogen-bond acceptors (Lipinski definition) is 5. The number of nitrogens with zero attached hydrogens (tertiary/aromatic N) is 3. The van der Waals surface area contributed by atoms with Gasteiger partial charge in [0.05, 0.1) is 10.0 Å². The Kier molecular flexibility index (Phi) is 3.84. The molecule has 5 nitrogen and oxygen atoms in total. The molecule has 0 radical (unpaired) electrons. The first kappa shape index (κ1) is 12.9. The maximum absolute atomic E-state index is 6.15. The molecule has 0 saturated heterocycles. The first-order valence-corrected chi connectivity index (χ1v) is 6.07. The molecule has 0 aliphatic heterocycles. The van der Waals surface area contributed by atoms with Crippen LogP contribution in [0.15, 0.2) is 18.2 Å². The molecule has 1 aromatic carbocycles. The molecule has 0 aliphatic carbocycles. The highest BCUT2D eigenvalue weighted by Crippen LogP contribution is 2.34. The lowest BCUT2D eigenvalue weighted by atomic mass is 10.1. The van der Waals surface area contributed by atoms with Crippen LogP contribution in [0.3, 0.4) is 0 Å². The Labute approximate surface area is 114 Å². The van der Waals surface area contributed by atoms with Gasteiger partial charge >= 0.3 is 0 Å². The van der Waals surface area contributed by atoms with Gasteiger partial charge in [-0.2, -0.15) is 4.98 Å². The van der Waals surface area contributed by atoms with Crippen LogP contribution in [0.1, 0.15) is 6.92 Å². The number of benzene rings is 1. The van der Waals surface area contributed by atoms with Crippen molar-refractivity contribution < 1.29 is 0 Å². The number of aromatic nitrogens is 3. The van der Waals surface area contributed by atoms with Gasteiger partial charge in [0.25, 0.3) is 0 Å². The highest BCUT2D eigenvalue weighted by molar-refractivity contribution is 6.43. The molecule has 0 spiro atoms. The Balaban J connectivity index is 2.59. The van der Waals surface area contributed by atoms with Crippen LogP contribution in [0.2, 0.25) is 10.0 Å². The number of anilines is 2. The lowest BCUT2D eigenvalue weighted by molar-refractivity contribution is 0.985. The Hall–Kier alpha value is -1.59. The van der Waals surface area contributed by atoms with E-state index in [4.69, 9.17) is 28.9 Å². The number of nitrogens with two attached hydrogens (primary N) is 1. The Bertz CT molecular complexity index is 573. The summed E-state index contributed by atoms with van der Waals surface area (Å²) < 4.78 is 0. The van der Waals surface area contributed by atoms with Crippen molar-refractivity contribution in [2.24, 2.45) is 0 Å². The van der Waals surface area contributed by atoms with E-state index in [1.807, 2.05) is 6.92 Å². The molecule has 0 amide bonds. The monoisotopic (exact) mass is 283 g/mol. The van der Waals surface area contributed by atoms with Crippen molar-refractivity contribution in [3.63, 3.8) is 0 Å². The van der Waals surface area contributed by atoms with Crippen molar-refractivity contribution in [2.45, 2.75) is 6.92 Å². The molecular weight excluding hydrogens is 273 g/mol. The molecule has 0 aliphatic rings. The lowest BCUT2D eigenvalue weighted by Crippen LogP contribution is -2.07. The SMILES string of the molecule is CCNc1nc(N)nnc1-c1cccc(Cl)c1Cl. The predicted octanol–water partition coefficient (Wildman–Crippen LogP) is 2.86.